The molecule has 0 aliphatic carbocycles. The van der Waals surface area contributed by atoms with Crippen molar-refractivity contribution >= 4 is 21.5 Å². The number of hydrogen-bond acceptors (Lipinski definition) is 5. The highest BCUT2D eigenvalue weighted by Gasteiger charge is 2.20. The molecule has 0 spiro atoms. The molecule has 0 amide bonds. The van der Waals surface area contributed by atoms with Crippen LogP contribution in [0.1, 0.15) is 0 Å². The van der Waals surface area contributed by atoms with Crippen molar-refractivity contribution < 1.29 is 0 Å². The number of pyridine rings is 2. The summed E-state index contributed by atoms with van der Waals surface area (Å²) in [6.45, 7) is 0. The highest BCUT2D eigenvalue weighted by Crippen LogP contribution is 2.43. The number of aromatic nitrogens is 5. The van der Waals surface area contributed by atoms with E-state index in [0.717, 1.165) is 60.6 Å². The lowest BCUT2D eigenvalue weighted by atomic mass is 9.88. The molecule has 0 radical (unpaired) electrons. The molecule has 5 nitrogen and oxygen atoms in total. The van der Waals surface area contributed by atoms with Crippen LogP contribution in [-0.2, 0) is 0 Å². The summed E-state index contributed by atoms with van der Waals surface area (Å²) in [5.74, 6) is 1.92. The van der Waals surface area contributed by atoms with E-state index in [1.807, 2.05) is 85.2 Å². The first kappa shape index (κ1) is 25.6. The van der Waals surface area contributed by atoms with Gasteiger partial charge in [0.2, 0.25) is 0 Å². The molecule has 5 heteroatoms. The van der Waals surface area contributed by atoms with Gasteiger partial charge in [-0.2, -0.15) is 0 Å². The minimum absolute atomic E-state index is 0.640. The SMILES string of the molecule is c1ccc(-c2nc(-c3ccccc3)nc(-c3c4ccccc4c(-c4ccc(-c5cccnc5)nc4)c4ccccc34)n2)cc1. The zero-order valence-corrected chi connectivity index (χ0v) is 23.7. The maximum Gasteiger partial charge on any atom is 0.165 e. The minimum atomic E-state index is 0.640. The Balaban J connectivity index is 1.40. The van der Waals surface area contributed by atoms with Gasteiger partial charge in [-0.05, 0) is 45.3 Å². The monoisotopic (exact) mass is 563 g/mol. The van der Waals surface area contributed by atoms with E-state index in [0.29, 0.717) is 17.5 Å². The summed E-state index contributed by atoms with van der Waals surface area (Å²) in [5.41, 5.74) is 6.92. The Morgan fingerprint density at radius 1 is 0.341 bits per heavy atom. The molecule has 8 rings (SSSR count). The number of fused-ring (bicyclic) bond motifs is 2. The molecule has 0 fully saturated rings. The van der Waals surface area contributed by atoms with Gasteiger partial charge in [0, 0.05) is 46.4 Å². The third-order valence-electron chi connectivity index (χ3n) is 7.86. The van der Waals surface area contributed by atoms with Crippen molar-refractivity contribution in [1.82, 2.24) is 24.9 Å². The van der Waals surface area contributed by atoms with E-state index in [1.165, 1.54) is 0 Å². The maximum atomic E-state index is 5.11. The molecule has 0 aliphatic heterocycles. The van der Waals surface area contributed by atoms with E-state index < -0.39 is 0 Å². The second kappa shape index (κ2) is 11.0. The van der Waals surface area contributed by atoms with Crippen molar-refractivity contribution in [2.75, 3.05) is 0 Å². The zero-order valence-electron chi connectivity index (χ0n) is 23.7. The van der Waals surface area contributed by atoms with Gasteiger partial charge < -0.3 is 0 Å². The Labute approximate surface area is 254 Å². The van der Waals surface area contributed by atoms with E-state index in [4.69, 9.17) is 19.9 Å². The van der Waals surface area contributed by atoms with Crippen LogP contribution in [0.3, 0.4) is 0 Å². The predicted molar refractivity (Wildman–Crippen MR) is 178 cm³/mol. The fraction of sp³-hybridized carbons (Fsp3) is 0. The molecular formula is C39H25N5. The van der Waals surface area contributed by atoms with Crippen LogP contribution in [0.2, 0.25) is 0 Å². The number of benzene rings is 5. The second-order valence-corrected chi connectivity index (χ2v) is 10.6. The van der Waals surface area contributed by atoms with Crippen LogP contribution in [0.15, 0.2) is 152 Å². The summed E-state index contributed by atoms with van der Waals surface area (Å²) in [6.07, 6.45) is 5.57. The number of rotatable bonds is 5. The van der Waals surface area contributed by atoms with Crippen LogP contribution in [0, 0.1) is 0 Å². The van der Waals surface area contributed by atoms with Crippen LogP contribution < -0.4 is 0 Å². The Morgan fingerprint density at radius 3 is 1.34 bits per heavy atom. The molecular weight excluding hydrogens is 538 g/mol. The van der Waals surface area contributed by atoms with E-state index >= 15 is 0 Å². The number of hydrogen-bond donors (Lipinski definition) is 0. The minimum Gasteiger partial charge on any atom is -0.264 e. The van der Waals surface area contributed by atoms with Gasteiger partial charge in [-0.15, -0.1) is 0 Å². The Bertz CT molecular complexity index is 2140. The van der Waals surface area contributed by atoms with Gasteiger partial charge in [0.1, 0.15) is 0 Å². The summed E-state index contributed by atoms with van der Waals surface area (Å²) >= 11 is 0. The highest BCUT2D eigenvalue weighted by molar-refractivity contribution is 6.20. The summed E-state index contributed by atoms with van der Waals surface area (Å²) in [7, 11) is 0. The van der Waals surface area contributed by atoms with E-state index in [1.54, 1.807) is 6.20 Å². The largest absolute Gasteiger partial charge is 0.264 e. The third-order valence-corrected chi connectivity index (χ3v) is 7.86. The first-order chi connectivity index (χ1) is 21.8. The lowest BCUT2D eigenvalue weighted by Crippen LogP contribution is -2.01. The molecule has 0 unspecified atom stereocenters. The van der Waals surface area contributed by atoms with Gasteiger partial charge in [0.15, 0.2) is 17.5 Å². The van der Waals surface area contributed by atoms with Crippen molar-refractivity contribution in [1.29, 1.82) is 0 Å². The quantitative estimate of drug-likeness (QED) is 0.195. The fourth-order valence-electron chi connectivity index (χ4n) is 5.83. The molecule has 0 N–H and O–H groups in total. The van der Waals surface area contributed by atoms with Crippen LogP contribution in [0.5, 0.6) is 0 Å². The fourth-order valence-corrected chi connectivity index (χ4v) is 5.83. The lowest BCUT2D eigenvalue weighted by molar-refractivity contribution is 1.08. The first-order valence-electron chi connectivity index (χ1n) is 14.5. The van der Waals surface area contributed by atoms with Crippen molar-refractivity contribution in [3.63, 3.8) is 0 Å². The van der Waals surface area contributed by atoms with E-state index in [9.17, 15) is 0 Å². The molecule has 206 valence electrons. The Morgan fingerprint density at radius 2 is 0.841 bits per heavy atom. The molecule has 8 aromatic rings. The summed E-state index contributed by atoms with van der Waals surface area (Å²) in [5, 5.41) is 4.36. The van der Waals surface area contributed by atoms with E-state index in [2.05, 4.69) is 65.6 Å². The topological polar surface area (TPSA) is 64.5 Å². The molecule has 0 saturated carbocycles. The molecule has 3 aromatic heterocycles. The average Bonchev–Trinajstić information content (AvgIpc) is 3.11. The second-order valence-electron chi connectivity index (χ2n) is 10.6. The molecule has 44 heavy (non-hydrogen) atoms. The number of nitrogens with zero attached hydrogens (tertiary/aromatic N) is 5. The van der Waals surface area contributed by atoms with Gasteiger partial charge in [0.05, 0.1) is 5.69 Å². The van der Waals surface area contributed by atoms with Gasteiger partial charge in [-0.25, -0.2) is 15.0 Å². The highest BCUT2D eigenvalue weighted by atomic mass is 15.0. The molecule has 0 aliphatic rings. The van der Waals surface area contributed by atoms with E-state index in [-0.39, 0.29) is 0 Å². The van der Waals surface area contributed by atoms with Crippen LogP contribution >= 0.6 is 0 Å². The smallest absolute Gasteiger partial charge is 0.165 e. The van der Waals surface area contributed by atoms with Gasteiger partial charge in [0.25, 0.3) is 0 Å². The third kappa shape index (κ3) is 4.57. The molecule has 5 aromatic carbocycles. The maximum absolute atomic E-state index is 5.11. The first-order valence-corrected chi connectivity index (χ1v) is 14.5. The molecule has 0 saturated heterocycles. The van der Waals surface area contributed by atoms with Crippen molar-refractivity contribution in [3.05, 3.63) is 152 Å². The zero-order chi connectivity index (χ0) is 29.3. The normalized spacial score (nSPS) is 11.2. The Hall–Kier alpha value is -6.07. The van der Waals surface area contributed by atoms with Crippen molar-refractivity contribution in [3.8, 4) is 56.5 Å². The van der Waals surface area contributed by atoms with Gasteiger partial charge in [-0.3, -0.25) is 9.97 Å². The average molecular weight is 564 g/mol. The lowest BCUT2D eigenvalue weighted by Gasteiger charge is -2.17. The standard InChI is InChI=1S/C39H25N5/c1-3-12-26(13-4-1)37-42-38(27-14-5-2-6-15-27)44-39(43-37)36-32-19-9-7-17-30(32)35(31-18-8-10-20-33(31)36)29-21-22-34(41-25-29)28-16-11-23-40-24-28/h1-25H. The summed E-state index contributed by atoms with van der Waals surface area (Å²) in [6, 6.07) is 45.3. The Kier molecular flexibility index (Phi) is 6.39. The van der Waals surface area contributed by atoms with Crippen LogP contribution in [-0.4, -0.2) is 24.9 Å². The van der Waals surface area contributed by atoms with Gasteiger partial charge >= 0.3 is 0 Å². The summed E-state index contributed by atoms with van der Waals surface area (Å²) < 4.78 is 0. The van der Waals surface area contributed by atoms with Crippen LogP contribution in [0.4, 0.5) is 0 Å². The molecule has 3 heterocycles. The van der Waals surface area contributed by atoms with Crippen molar-refractivity contribution in [2.24, 2.45) is 0 Å². The summed E-state index contributed by atoms with van der Waals surface area (Å²) in [4.78, 5) is 24.2. The van der Waals surface area contributed by atoms with Crippen LogP contribution in [0.25, 0.3) is 78.1 Å². The predicted octanol–water partition coefficient (Wildman–Crippen LogP) is 9.30. The molecule has 0 bridgehead atoms. The van der Waals surface area contributed by atoms with Crippen molar-refractivity contribution in [2.45, 2.75) is 0 Å². The van der Waals surface area contributed by atoms with Gasteiger partial charge in [-0.1, -0.05) is 115 Å². The molecule has 0 atom stereocenters.